The minimum atomic E-state index is -0.322. The number of rotatable bonds is 3. The van der Waals surface area contributed by atoms with Crippen LogP contribution >= 0.6 is 0 Å². The van der Waals surface area contributed by atoms with Gasteiger partial charge in [0.2, 0.25) is 5.91 Å². The molecule has 5 heteroatoms. The molecule has 4 nitrogen and oxygen atoms in total. The molecule has 1 fully saturated rings. The van der Waals surface area contributed by atoms with Crippen molar-refractivity contribution >= 4 is 11.6 Å². The summed E-state index contributed by atoms with van der Waals surface area (Å²) in [5.41, 5.74) is 1.03. The molecule has 1 saturated heterocycles. The monoisotopic (exact) mass is 280 g/mol. The molecule has 0 saturated carbocycles. The van der Waals surface area contributed by atoms with Gasteiger partial charge < -0.3 is 10.4 Å². The van der Waals surface area contributed by atoms with E-state index in [9.17, 15) is 14.3 Å². The molecule has 1 aliphatic heterocycles. The van der Waals surface area contributed by atoms with Crippen LogP contribution in [0.2, 0.25) is 0 Å². The maximum Gasteiger partial charge on any atom is 0.238 e. The third-order valence-corrected chi connectivity index (χ3v) is 3.77. The average Bonchev–Trinajstić information content (AvgIpc) is 2.38. The number of aliphatic hydroxyl groups is 1. The van der Waals surface area contributed by atoms with Gasteiger partial charge in [0.05, 0.1) is 12.6 Å². The Bertz CT molecular complexity index is 493. The number of benzene rings is 1. The van der Waals surface area contributed by atoms with Crippen LogP contribution in [-0.4, -0.2) is 41.7 Å². The van der Waals surface area contributed by atoms with Gasteiger partial charge in [0.15, 0.2) is 0 Å². The van der Waals surface area contributed by atoms with Crippen LogP contribution in [0.4, 0.5) is 10.1 Å². The van der Waals surface area contributed by atoms with Crippen molar-refractivity contribution < 1.29 is 14.3 Å². The highest BCUT2D eigenvalue weighted by Gasteiger charge is 2.25. The van der Waals surface area contributed by atoms with E-state index >= 15 is 0 Å². The van der Waals surface area contributed by atoms with Gasteiger partial charge in [-0.2, -0.15) is 0 Å². The number of nitrogens with zero attached hydrogens (tertiary/aromatic N) is 1. The molecule has 110 valence electrons. The van der Waals surface area contributed by atoms with Crippen molar-refractivity contribution in [2.75, 3.05) is 25.0 Å². The van der Waals surface area contributed by atoms with Gasteiger partial charge in [-0.3, -0.25) is 9.69 Å². The van der Waals surface area contributed by atoms with Crippen LogP contribution < -0.4 is 5.32 Å². The van der Waals surface area contributed by atoms with Crippen molar-refractivity contribution in [3.8, 4) is 0 Å². The molecule has 1 aliphatic rings. The Balaban J connectivity index is 1.87. The van der Waals surface area contributed by atoms with Crippen LogP contribution in [0.5, 0.6) is 0 Å². The van der Waals surface area contributed by atoms with E-state index in [1.807, 2.05) is 11.8 Å². The smallest absolute Gasteiger partial charge is 0.238 e. The molecule has 1 aromatic rings. The number of aryl methyl sites for hydroxylation is 1. The first-order valence-electron chi connectivity index (χ1n) is 6.92. The fourth-order valence-corrected chi connectivity index (χ4v) is 2.44. The second kappa shape index (κ2) is 6.33. The van der Waals surface area contributed by atoms with Crippen molar-refractivity contribution in [2.24, 2.45) is 5.92 Å². The standard InChI is InChI=1S/C15H21FN2O2/c1-10-3-4-12(7-13(10)16)17-15(20)9-18-6-5-14(19)11(2)8-18/h3-4,7,11,14,19H,5-6,8-9H2,1-2H3,(H,17,20). The highest BCUT2D eigenvalue weighted by Crippen LogP contribution is 2.17. The number of carbonyl (C=O) groups excluding carboxylic acids is 1. The predicted octanol–water partition coefficient (Wildman–Crippen LogP) is 1.78. The number of hydrogen-bond donors (Lipinski definition) is 2. The van der Waals surface area contributed by atoms with E-state index in [0.29, 0.717) is 30.8 Å². The van der Waals surface area contributed by atoms with Crippen molar-refractivity contribution in [1.82, 2.24) is 4.90 Å². The molecule has 1 aromatic carbocycles. The normalized spacial score (nSPS) is 23.6. The lowest BCUT2D eigenvalue weighted by Crippen LogP contribution is -2.45. The highest BCUT2D eigenvalue weighted by atomic mass is 19.1. The summed E-state index contributed by atoms with van der Waals surface area (Å²) in [6.45, 7) is 5.34. The third kappa shape index (κ3) is 3.77. The SMILES string of the molecule is Cc1ccc(NC(=O)CN2CCC(O)C(C)C2)cc1F. The summed E-state index contributed by atoms with van der Waals surface area (Å²) in [7, 11) is 0. The van der Waals surface area contributed by atoms with Gasteiger partial charge in [0, 0.05) is 18.8 Å². The molecule has 0 bridgehead atoms. The quantitative estimate of drug-likeness (QED) is 0.887. The molecule has 2 N–H and O–H groups in total. The van der Waals surface area contributed by atoms with Gasteiger partial charge in [-0.05, 0) is 37.0 Å². The topological polar surface area (TPSA) is 52.6 Å². The lowest BCUT2D eigenvalue weighted by Gasteiger charge is -2.33. The first-order chi connectivity index (χ1) is 9.45. The zero-order chi connectivity index (χ0) is 14.7. The lowest BCUT2D eigenvalue weighted by molar-refractivity contribution is -0.118. The summed E-state index contributed by atoms with van der Waals surface area (Å²) >= 11 is 0. The van der Waals surface area contributed by atoms with E-state index in [2.05, 4.69) is 5.32 Å². The first-order valence-corrected chi connectivity index (χ1v) is 6.92. The number of halogens is 1. The minimum Gasteiger partial charge on any atom is -0.393 e. The maximum absolute atomic E-state index is 13.4. The summed E-state index contributed by atoms with van der Waals surface area (Å²) in [6.07, 6.45) is 0.411. The number of likely N-dealkylation sites (tertiary alicyclic amines) is 1. The Morgan fingerprint density at radius 2 is 2.30 bits per heavy atom. The summed E-state index contributed by atoms with van der Waals surface area (Å²) in [5, 5.41) is 12.4. The third-order valence-electron chi connectivity index (χ3n) is 3.77. The molecule has 1 amide bonds. The van der Waals surface area contributed by atoms with Crippen LogP contribution in [0.1, 0.15) is 18.9 Å². The Hall–Kier alpha value is -1.46. The Kier molecular flexibility index (Phi) is 4.73. The van der Waals surface area contributed by atoms with Gasteiger partial charge in [-0.25, -0.2) is 4.39 Å². The Morgan fingerprint density at radius 3 is 2.95 bits per heavy atom. The molecule has 2 unspecified atom stereocenters. The molecular formula is C15H21FN2O2. The molecule has 1 heterocycles. The van der Waals surface area contributed by atoms with Crippen LogP contribution in [0, 0.1) is 18.7 Å². The number of hydrogen-bond acceptors (Lipinski definition) is 3. The van der Waals surface area contributed by atoms with Gasteiger partial charge >= 0.3 is 0 Å². The number of nitrogens with one attached hydrogen (secondary N) is 1. The molecule has 0 spiro atoms. The maximum atomic E-state index is 13.4. The van der Waals surface area contributed by atoms with Gasteiger partial charge in [0.25, 0.3) is 0 Å². The molecular weight excluding hydrogens is 259 g/mol. The largest absolute Gasteiger partial charge is 0.393 e. The summed E-state index contributed by atoms with van der Waals surface area (Å²) < 4.78 is 13.4. The number of carbonyl (C=O) groups is 1. The number of aliphatic hydroxyl groups excluding tert-OH is 1. The Labute approximate surface area is 118 Å². The molecule has 0 aliphatic carbocycles. The molecule has 0 radical (unpaired) electrons. The van der Waals surface area contributed by atoms with Crippen molar-refractivity contribution in [2.45, 2.75) is 26.4 Å². The number of amides is 1. The fraction of sp³-hybridized carbons (Fsp3) is 0.533. The number of piperidine rings is 1. The van der Waals surface area contributed by atoms with Gasteiger partial charge in [0.1, 0.15) is 5.82 Å². The van der Waals surface area contributed by atoms with Crippen LogP contribution in [-0.2, 0) is 4.79 Å². The molecule has 20 heavy (non-hydrogen) atoms. The fourth-order valence-electron chi connectivity index (χ4n) is 2.44. The average molecular weight is 280 g/mol. The lowest BCUT2D eigenvalue weighted by atomic mass is 9.97. The van der Waals surface area contributed by atoms with E-state index in [1.165, 1.54) is 6.07 Å². The number of anilines is 1. The summed E-state index contributed by atoms with van der Waals surface area (Å²) in [6, 6.07) is 4.67. The molecule has 2 atom stereocenters. The zero-order valence-corrected chi connectivity index (χ0v) is 11.9. The van der Waals surface area contributed by atoms with Crippen molar-refractivity contribution in [1.29, 1.82) is 0 Å². The summed E-state index contributed by atoms with van der Waals surface area (Å²) in [5.74, 6) is -0.303. The minimum absolute atomic E-state index is 0.156. The second-order valence-corrected chi connectivity index (χ2v) is 5.58. The molecule has 0 aromatic heterocycles. The van der Waals surface area contributed by atoms with Crippen LogP contribution in [0.15, 0.2) is 18.2 Å². The van der Waals surface area contributed by atoms with Gasteiger partial charge in [-0.15, -0.1) is 0 Å². The summed E-state index contributed by atoms with van der Waals surface area (Å²) in [4.78, 5) is 13.9. The van der Waals surface area contributed by atoms with Gasteiger partial charge in [-0.1, -0.05) is 13.0 Å². The molecule has 2 rings (SSSR count). The van der Waals surface area contributed by atoms with Crippen LogP contribution in [0.3, 0.4) is 0 Å². The zero-order valence-electron chi connectivity index (χ0n) is 11.9. The van der Waals surface area contributed by atoms with Crippen LogP contribution in [0.25, 0.3) is 0 Å². The highest BCUT2D eigenvalue weighted by molar-refractivity contribution is 5.92. The second-order valence-electron chi connectivity index (χ2n) is 5.58. The van der Waals surface area contributed by atoms with E-state index in [-0.39, 0.29) is 30.3 Å². The predicted molar refractivity (Wildman–Crippen MR) is 76.0 cm³/mol. The van der Waals surface area contributed by atoms with E-state index < -0.39 is 0 Å². The van der Waals surface area contributed by atoms with E-state index in [0.717, 1.165) is 0 Å². The van der Waals surface area contributed by atoms with Crippen molar-refractivity contribution in [3.63, 3.8) is 0 Å². The van der Waals surface area contributed by atoms with E-state index in [4.69, 9.17) is 0 Å². The Morgan fingerprint density at radius 1 is 1.55 bits per heavy atom. The van der Waals surface area contributed by atoms with Crippen molar-refractivity contribution in [3.05, 3.63) is 29.6 Å². The first kappa shape index (κ1) is 14.9. The van der Waals surface area contributed by atoms with E-state index in [1.54, 1.807) is 19.1 Å².